The molecule has 88 valence electrons. The van der Waals surface area contributed by atoms with Gasteiger partial charge in [0.1, 0.15) is 5.60 Å². The first kappa shape index (κ1) is 12.6. The van der Waals surface area contributed by atoms with Crippen LogP contribution in [0.1, 0.15) is 19.4 Å². The summed E-state index contributed by atoms with van der Waals surface area (Å²) in [6, 6.07) is 8.04. The fourth-order valence-corrected chi connectivity index (χ4v) is 1.67. The van der Waals surface area contributed by atoms with E-state index in [0.29, 0.717) is 0 Å². The van der Waals surface area contributed by atoms with E-state index in [9.17, 15) is 14.3 Å². The van der Waals surface area contributed by atoms with Crippen molar-refractivity contribution in [2.24, 2.45) is 5.92 Å². The van der Waals surface area contributed by atoms with Crippen LogP contribution in [0.25, 0.3) is 0 Å². The molecule has 4 heteroatoms. The molecule has 0 fully saturated rings. The first-order valence-corrected chi connectivity index (χ1v) is 5.05. The summed E-state index contributed by atoms with van der Waals surface area (Å²) in [4.78, 5) is 10.7. The van der Waals surface area contributed by atoms with Crippen LogP contribution in [0.4, 0.5) is 4.39 Å². The number of aliphatic carboxylic acids is 1. The van der Waals surface area contributed by atoms with Gasteiger partial charge in [0, 0.05) is 0 Å². The molecular weight excluding hydrogens is 211 g/mol. The SMILES string of the molecule is CC(C)C(O)(c1ccccc1)C(F)C(=O)O. The van der Waals surface area contributed by atoms with Crippen LogP contribution in [-0.4, -0.2) is 22.4 Å². The van der Waals surface area contributed by atoms with Gasteiger partial charge in [-0.3, -0.25) is 0 Å². The molecule has 0 heterocycles. The number of aliphatic hydroxyl groups is 1. The highest BCUT2D eigenvalue weighted by atomic mass is 19.1. The maximum atomic E-state index is 13.7. The normalized spacial score (nSPS) is 16.8. The van der Waals surface area contributed by atoms with Gasteiger partial charge in [0.2, 0.25) is 6.17 Å². The van der Waals surface area contributed by atoms with Crippen molar-refractivity contribution in [2.45, 2.75) is 25.6 Å². The molecule has 2 unspecified atom stereocenters. The van der Waals surface area contributed by atoms with Crippen LogP contribution in [-0.2, 0) is 10.4 Å². The zero-order valence-electron chi connectivity index (χ0n) is 9.22. The molecule has 0 saturated heterocycles. The monoisotopic (exact) mass is 226 g/mol. The summed E-state index contributed by atoms with van der Waals surface area (Å²) in [6.45, 7) is 3.17. The van der Waals surface area contributed by atoms with Crippen LogP contribution in [0.5, 0.6) is 0 Å². The van der Waals surface area contributed by atoms with Crippen molar-refractivity contribution in [1.82, 2.24) is 0 Å². The van der Waals surface area contributed by atoms with Gasteiger partial charge in [-0.2, -0.15) is 0 Å². The highest BCUT2D eigenvalue weighted by molar-refractivity contribution is 5.74. The van der Waals surface area contributed by atoms with Gasteiger partial charge in [-0.25, -0.2) is 9.18 Å². The van der Waals surface area contributed by atoms with Crippen LogP contribution >= 0.6 is 0 Å². The fourth-order valence-electron chi connectivity index (χ4n) is 1.67. The van der Waals surface area contributed by atoms with E-state index in [1.54, 1.807) is 32.0 Å². The lowest BCUT2D eigenvalue weighted by atomic mass is 9.79. The highest BCUT2D eigenvalue weighted by Gasteiger charge is 2.46. The summed E-state index contributed by atoms with van der Waals surface area (Å²) in [5.74, 6) is -2.19. The number of hydrogen-bond acceptors (Lipinski definition) is 2. The lowest BCUT2D eigenvalue weighted by Gasteiger charge is -2.33. The van der Waals surface area contributed by atoms with Crippen molar-refractivity contribution in [1.29, 1.82) is 0 Å². The predicted octanol–water partition coefficient (Wildman–Crippen LogP) is 1.95. The average Bonchev–Trinajstić information content (AvgIpc) is 2.27. The van der Waals surface area contributed by atoms with Gasteiger partial charge >= 0.3 is 5.97 Å². The van der Waals surface area contributed by atoms with Crippen LogP contribution in [0.15, 0.2) is 30.3 Å². The first-order valence-electron chi connectivity index (χ1n) is 5.05. The van der Waals surface area contributed by atoms with Crippen molar-refractivity contribution in [3.05, 3.63) is 35.9 Å². The second-order valence-electron chi connectivity index (χ2n) is 4.05. The van der Waals surface area contributed by atoms with E-state index in [-0.39, 0.29) is 5.56 Å². The van der Waals surface area contributed by atoms with E-state index in [1.165, 1.54) is 12.1 Å². The number of alkyl halides is 1. The molecule has 0 aliphatic heterocycles. The molecule has 3 nitrogen and oxygen atoms in total. The molecule has 0 radical (unpaired) electrons. The Labute approximate surface area is 93.5 Å². The van der Waals surface area contributed by atoms with Gasteiger partial charge in [-0.05, 0) is 11.5 Å². The second-order valence-corrected chi connectivity index (χ2v) is 4.05. The molecule has 0 spiro atoms. The van der Waals surface area contributed by atoms with Crippen LogP contribution < -0.4 is 0 Å². The Bertz CT molecular complexity index is 364. The summed E-state index contributed by atoms with van der Waals surface area (Å²) in [5, 5.41) is 18.9. The van der Waals surface area contributed by atoms with Crippen molar-refractivity contribution >= 4 is 5.97 Å². The van der Waals surface area contributed by atoms with E-state index < -0.39 is 23.7 Å². The Morgan fingerprint density at radius 3 is 2.19 bits per heavy atom. The predicted molar refractivity (Wildman–Crippen MR) is 57.7 cm³/mol. The number of carboxylic acid groups (broad SMARTS) is 1. The maximum Gasteiger partial charge on any atom is 0.341 e. The van der Waals surface area contributed by atoms with Gasteiger partial charge < -0.3 is 10.2 Å². The number of halogens is 1. The van der Waals surface area contributed by atoms with Crippen molar-refractivity contribution in [2.75, 3.05) is 0 Å². The summed E-state index contributed by atoms with van der Waals surface area (Å²) in [6.07, 6.45) is -2.34. The summed E-state index contributed by atoms with van der Waals surface area (Å²) in [5.41, 5.74) is -1.72. The van der Waals surface area contributed by atoms with Gasteiger partial charge in [0.05, 0.1) is 0 Å². The maximum absolute atomic E-state index is 13.7. The Morgan fingerprint density at radius 1 is 1.31 bits per heavy atom. The lowest BCUT2D eigenvalue weighted by molar-refractivity contribution is -0.160. The van der Waals surface area contributed by atoms with Gasteiger partial charge in [0.15, 0.2) is 0 Å². The molecule has 1 rings (SSSR count). The average molecular weight is 226 g/mol. The van der Waals surface area contributed by atoms with Gasteiger partial charge in [-0.1, -0.05) is 44.2 Å². The molecule has 1 aromatic carbocycles. The molecule has 0 aromatic heterocycles. The Morgan fingerprint density at radius 2 is 1.81 bits per heavy atom. The number of carbonyl (C=O) groups is 1. The molecule has 2 atom stereocenters. The zero-order chi connectivity index (χ0) is 12.3. The largest absolute Gasteiger partial charge is 0.479 e. The molecular formula is C12H15FO3. The van der Waals surface area contributed by atoms with E-state index in [2.05, 4.69) is 0 Å². The summed E-state index contributed by atoms with van der Waals surface area (Å²) < 4.78 is 13.7. The van der Waals surface area contributed by atoms with Crippen LogP contribution in [0.3, 0.4) is 0 Å². The van der Waals surface area contributed by atoms with Crippen molar-refractivity contribution in [3.63, 3.8) is 0 Å². The number of rotatable bonds is 4. The van der Waals surface area contributed by atoms with E-state index >= 15 is 0 Å². The van der Waals surface area contributed by atoms with Crippen molar-refractivity contribution in [3.8, 4) is 0 Å². The smallest absolute Gasteiger partial charge is 0.341 e. The standard InChI is InChI=1S/C12H15FO3/c1-8(2)12(16,10(13)11(14)15)9-6-4-3-5-7-9/h3-8,10,16H,1-2H3,(H,14,15). The van der Waals surface area contributed by atoms with Crippen LogP contribution in [0.2, 0.25) is 0 Å². The third kappa shape index (κ3) is 2.07. The topological polar surface area (TPSA) is 57.5 Å². The third-order valence-electron chi connectivity index (χ3n) is 2.72. The minimum Gasteiger partial charge on any atom is -0.479 e. The fraction of sp³-hybridized carbons (Fsp3) is 0.417. The second kappa shape index (κ2) is 4.61. The lowest BCUT2D eigenvalue weighted by Crippen LogP contribution is -2.45. The molecule has 0 bridgehead atoms. The first-order chi connectivity index (χ1) is 7.40. The van der Waals surface area contributed by atoms with Gasteiger partial charge in [-0.15, -0.1) is 0 Å². The minimum atomic E-state index is -2.34. The molecule has 1 aromatic rings. The quantitative estimate of drug-likeness (QED) is 0.825. The molecule has 16 heavy (non-hydrogen) atoms. The summed E-state index contributed by atoms with van der Waals surface area (Å²) >= 11 is 0. The Hall–Kier alpha value is -1.42. The third-order valence-corrected chi connectivity index (χ3v) is 2.72. The van der Waals surface area contributed by atoms with Crippen LogP contribution in [0, 0.1) is 5.92 Å². The van der Waals surface area contributed by atoms with Gasteiger partial charge in [0.25, 0.3) is 0 Å². The minimum absolute atomic E-state index is 0.278. The molecule has 0 aliphatic rings. The van der Waals surface area contributed by atoms with Crippen molar-refractivity contribution < 1.29 is 19.4 Å². The summed E-state index contributed by atoms with van der Waals surface area (Å²) in [7, 11) is 0. The van der Waals surface area contributed by atoms with E-state index in [4.69, 9.17) is 5.11 Å². The molecule has 0 amide bonds. The number of hydrogen-bond donors (Lipinski definition) is 2. The molecule has 0 saturated carbocycles. The zero-order valence-corrected chi connectivity index (χ0v) is 9.22. The molecule has 2 N–H and O–H groups in total. The van der Waals surface area contributed by atoms with E-state index in [0.717, 1.165) is 0 Å². The van der Waals surface area contributed by atoms with E-state index in [1.807, 2.05) is 0 Å². The Kier molecular flexibility index (Phi) is 3.65. The number of benzene rings is 1. The number of carboxylic acids is 1. The Balaban J connectivity index is 3.22. The highest BCUT2D eigenvalue weighted by Crippen LogP contribution is 2.34. The molecule has 0 aliphatic carbocycles.